The molecule has 0 radical (unpaired) electrons. The Hall–Kier alpha value is -1.77. The molecule has 2 rings (SSSR count). The monoisotopic (exact) mass is 310 g/mol. The van der Waals surface area contributed by atoms with Crippen LogP contribution in [0, 0.1) is 6.92 Å². The lowest BCUT2D eigenvalue weighted by atomic mass is 10.1. The van der Waals surface area contributed by atoms with Crippen molar-refractivity contribution in [2.24, 2.45) is 0 Å². The van der Waals surface area contributed by atoms with Crippen LogP contribution in [0.25, 0.3) is 0 Å². The van der Waals surface area contributed by atoms with E-state index in [0.29, 0.717) is 12.0 Å². The third-order valence-corrected chi connectivity index (χ3v) is 2.64. The molecule has 2 aromatic rings. The van der Waals surface area contributed by atoms with Crippen LogP contribution in [0.1, 0.15) is 43.9 Å². The highest BCUT2D eigenvalue weighted by Gasteiger charge is 2.32. The molecule has 0 fully saturated rings. The number of aryl methyl sites for hydroxylation is 2. The summed E-state index contributed by atoms with van der Waals surface area (Å²) in [6, 6.07) is 15.9. The van der Waals surface area contributed by atoms with E-state index in [-0.39, 0.29) is 0 Å². The van der Waals surface area contributed by atoms with Crippen LogP contribution in [0.3, 0.4) is 0 Å². The summed E-state index contributed by atoms with van der Waals surface area (Å²) in [5, 5.41) is 0. The van der Waals surface area contributed by atoms with E-state index in [0.717, 1.165) is 6.07 Å². The van der Waals surface area contributed by atoms with E-state index < -0.39 is 11.7 Å². The van der Waals surface area contributed by atoms with Crippen LogP contribution >= 0.6 is 0 Å². The SMILES string of the molecule is CCC.CCc1ccccc1C(F)(F)F.Cc1ccccc1. The highest BCUT2D eigenvalue weighted by atomic mass is 19.4. The molecule has 122 valence electrons. The molecule has 0 heterocycles. The van der Waals surface area contributed by atoms with E-state index in [1.807, 2.05) is 18.2 Å². The molecule has 0 amide bonds. The number of benzene rings is 2. The molecule has 0 spiro atoms. The van der Waals surface area contributed by atoms with Crippen molar-refractivity contribution in [1.29, 1.82) is 0 Å². The third kappa shape index (κ3) is 8.50. The fourth-order valence-electron chi connectivity index (χ4n) is 1.64. The van der Waals surface area contributed by atoms with Crippen molar-refractivity contribution in [3.8, 4) is 0 Å². The van der Waals surface area contributed by atoms with Gasteiger partial charge in [-0.1, -0.05) is 81.3 Å². The molecule has 0 aromatic heterocycles. The number of halogens is 3. The van der Waals surface area contributed by atoms with Gasteiger partial charge in [-0.2, -0.15) is 13.2 Å². The summed E-state index contributed by atoms with van der Waals surface area (Å²) in [5.74, 6) is 0. The van der Waals surface area contributed by atoms with Crippen molar-refractivity contribution < 1.29 is 13.2 Å². The standard InChI is InChI=1S/C9H9F3.C7H8.C3H8/c1-2-7-5-3-4-6-8(7)9(10,11)12;1-7-5-3-2-4-6-7;1-3-2/h3-6H,2H2,1H3;2-6H,1H3;3H2,1-2H3. The number of rotatable bonds is 1. The fourth-order valence-corrected chi connectivity index (χ4v) is 1.64. The summed E-state index contributed by atoms with van der Waals surface area (Å²) >= 11 is 0. The lowest BCUT2D eigenvalue weighted by Crippen LogP contribution is -2.08. The first-order valence-corrected chi connectivity index (χ1v) is 7.53. The van der Waals surface area contributed by atoms with Gasteiger partial charge in [0.1, 0.15) is 0 Å². The molecule has 0 atom stereocenters. The predicted molar refractivity (Wildman–Crippen MR) is 88.0 cm³/mol. The number of hydrogen-bond acceptors (Lipinski definition) is 0. The van der Waals surface area contributed by atoms with Gasteiger partial charge < -0.3 is 0 Å². The van der Waals surface area contributed by atoms with E-state index >= 15 is 0 Å². The van der Waals surface area contributed by atoms with E-state index in [1.165, 1.54) is 24.1 Å². The van der Waals surface area contributed by atoms with Gasteiger partial charge in [-0.15, -0.1) is 0 Å². The molecule has 0 aliphatic heterocycles. The molecule has 22 heavy (non-hydrogen) atoms. The van der Waals surface area contributed by atoms with E-state index in [2.05, 4.69) is 32.9 Å². The van der Waals surface area contributed by atoms with Gasteiger partial charge in [0.25, 0.3) is 0 Å². The van der Waals surface area contributed by atoms with Crippen molar-refractivity contribution in [2.75, 3.05) is 0 Å². The molecule has 0 saturated carbocycles. The Kier molecular flexibility index (Phi) is 10.0. The van der Waals surface area contributed by atoms with Gasteiger partial charge in [-0.25, -0.2) is 0 Å². The highest BCUT2D eigenvalue weighted by molar-refractivity contribution is 5.29. The van der Waals surface area contributed by atoms with Gasteiger partial charge in [-0.05, 0) is 25.0 Å². The van der Waals surface area contributed by atoms with Crippen molar-refractivity contribution in [2.45, 2.75) is 46.7 Å². The summed E-state index contributed by atoms with van der Waals surface area (Å²) < 4.78 is 36.7. The molecule has 0 aliphatic rings. The molecule has 3 heteroatoms. The van der Waals surface area contributed by atoms with Gasteiger partial charge in [-0.3, -0.25) is 0 Å². The van der Waals surface area contributed by atoms with Crippen LogP contribution < -0.4 is 0 Å². The minimum Gasteiger partial charge on any atom is -0.166 e. The average Bonchev–Trinajstić information content (AvgIpc) is 2.48. The first-order valence-electron chi connectivity index (χ1n) is 7.53. The zero-order valence-corrected chi connectivity index (χ0v) is 13.7. The Morgan fingerprint density at radius 2 is 1.23 bits per heavy atom. The van der Waals surface area contributed by atoms with Crippen LogP contribution in [0.5, 0.6) is 0 Å². The predicted octanol–water partition coefficient (Wildman–Crippen LogP) is 6.68. The summed E-state index contributed by atoms with van der Waals surface area (Å²) in [7, 11) is 0. The summed E-state index contributed by atoms with van der Waals surface area (Å²) in [6.45, 7) is 8.05. The van der Waals surface area contributed by atoms with Crippen LogP contribution in [0.4, 0.5) is 13.2 Å². The van der Waals surface area contributed by atoms with Gasteiger partial charge in [0.15, 0.2) is 0 Å². The minimum atomic E-state index is -4.22. The number of alkyl halides is 3. The first-order chi connectivity index (χ1) is 10.4. The minimum absolute atomic E-state index is 0.352. The summed E-state index contributed by atoms with van der Waals surface area (Å²) in [6.07, 6.45) is -2.55. The average molecular weight is 310 g/mol. The Labute approximate surface area is 132 Å². The van der Waals surface area contributed by atoms with Gasteiger partial charge in [0.2, 0.25) is 0 Å². The zero-order valence-electron chi connectivity index (χ0n) is 13.7. The molecular weight excluding hydrogens is 285 g/mol. The second-order valence-electron chi connectivity index (χ2n) is 4.87. The lowest BCUT2D eigenvalue weighted by molar-refractivity contribution is -0.138. The first kappa shape index (κ1) is 20.2. The van der Waals surface area contributed by atoms with Crippen molar-refractivity contribution in [3.63, 3.8) is 0 Å². The summed E-state index contributed by atoms with van der Waals surface area (Å²) in [5.41, 5.74) is 1.15. The largest absolute Gasteiger partial charge is 0.416 e. The van der Waals surface area contributed by atoms with Gasteiger partial charge >= 0.3 is 6.18 Å². The molecule has 0 saturated heterocycles. The Morgan fingerprint density at radius 1 is 0.773 bits per heavy atom. The maximum absolute atomic E-state index is 12.2. The molecule has 2 aromatic carbocycles. The topological polar surface area (TPSA) is 0 Å². The Morgan fingerprint density at radius 3 is 1.55 bits per heavy atom. The maximum Gasteiger partial charge on any atom is 0.416 e. The van der Waals surface area contributed by atoms with E-state index in [4.69, 9.17) is 0 Å². The second-order valence-corrected chi connectivity index (χ2v) is 4.87. The van der Waals surface area contributed by atoms with Crippen molar-refractivity contribution >= 4 is 0 Å². The second kappa shape index (κ2) is 10.9. The fraction of sp³-hybridized carbons (Fsp3) is 0.368. The van der Waals surface area contributed by atoms with Crippen molar-refractivity contribution in [1.82, 2.24) is 0 Å². The van der Waals surface area contributed by atoms with Crippen LogP contribution in [-0.4, -0.2) is 0 Å². The van der Waals surface area contributed by atoms with Crippen LogP contribution in [-0.2, 0) is 12.6 Å². The zero-order chi connectivity index (χ0) is 17.0. The van der Waals surface area contributed by atoms with E-state index in [9.17, 15) is 13.2 Å². The van der Waals surface area contributed by atoms with Gasteiger partial charge in [0.05, 0.1) is 5.56 Å². The number of hydrogen-bond donors (Lipinski definition) is 0. The van der Waals surface area contributed by atoms with E-state index in [1.54, 1.807) is 13.0 Å². The molecule has 0 N–H and O–H groups in total. The smallest absolute Gasteiger partial charge is 0.166 e. The lowest BCUT2D eigenvalue weighted by Gasteiger charge is -2.10. The Balaban J connectivity index is 0.000000372. The highest BCUT2D eigenvalue weighted by Crippen LogP contribution is 2.31. The van der Waals surface area contributed by atoms with Crippen LogP contribution in [0.15, 0.2) is 54.6 Å². The van der Waals surface area contributed by atoms with Crippen LogP contribution in [0.2, 0.25) is 0 Å². The Bertz CT molecular complexity index is 502. The molecule has 0 bridgehead atoms. The third-order valence-electron chi connectivity index (χ3n) is 2.64. The molecular formula is C19H25F3. The molecule has 0 aliphatic carbocycles. The molecule has 0 unspecified atom stereocenters. The maximum atomic E-state index is 12.2. The summed E-state index contributed by atoms with van der Waals surface area (Å²) in [4.78, 5) is 0. The normalized spacial score (nSPS) is 9.95. The van der Waals surface area contributed by atoms with Gasteiger partial charge in [0, 0.05) is 0 Å². The van der Waals surface area contributed by atoms with Crippen molar-refractivity contribution in [3.05, 3.63) is 71.3 Å². The quantitative estimate of drug-likeness (QED) is 0.551. The molecule has 0 nitrogen and oxygen atoms in total.